The van der Waals surface area contributed by atoms with Crippen LogP contribution in [0.1, 0.15) is 37.3 Å². The molecule has 1 aliphatic heterocycles. The average molecular weight is 284 g/mol. The number of aromatic nitrogens is 1. The Bertz CT molecular complexity index is 362. The summed E-state index contributed by atoms with van der Waals surface area (Å²) in [6.07, 6.45) is 7.79. The van der Waals surface area contributed by atoms with E-state index in [1.165, 1.54) is 36.9 Å². The van der Waals surface area contributed by atoms with Gasteiger partial charge in [0.25, 0.3) is 0 Å². The van der Waals surface area contributed by atoms with Crippen LogP contribution in [0.3, 0.4) is 0 Å². The minimum absolute atomic E-state index is 0. The monoisotopic (exact) mass is 283 g/mol. The van der Waals surface area contributed by atoms with Crippen molar-refractivity contribution in [3.05, 3.63) is 29.6 Å². The number of hydrogen-bond donors (Lipinski definition) is 1. The van der Waals surface area contributed by atoms with Crippen LogP contribution in [0.5, 0.6) is 0 Å². The van der Waals surface area contributed by atoms with E-state index in [9.17, 15) is 0 Å². The molecule has 0 bridgehead atoms. The van der Waals surface area contributed by atoms with Gasteiger partial charge in [0.05, 0.1) is 0 Å². The van der Waals surface area contributed by atoms with E-state index in [1.54, 1.807) is 0 Å². The first-order chi connectivity index (χ1) is 8.81. The first-order valence-corrected chi connectivity index (χ1v) is 7.15. The van der Waals surface area contributed by atoms with E-state index in [4.69, 9.17) is 0 Å². The summed E-state index contributed by atoms with van der Waals surface area (Å²) < 4.78 is 0. The molecular formula is C15H26ClN3. The molecule has 1 fully saturated rings. The molecule has 2 heterocycles. The molecule has 0 aromatic carbocycles. The number of nitrogens with one attached hydrogen (secondary N) is 1. The fourth-order valence-electron chi connectivity index (χ4n) is 2.75. The van der Waals surface area contributed by atoms with Crippen molar-refractivity contribution in [1.82, 2.24) is 15.2 Å². The van der Waals surface area contributed by atoms with E-state index in [-0.39, 0.29) is 12.4 Å². The Morgan fingerprint density at radius 3 is 2.95 bits per heavy atom. The molecule has 0 aliphatic carbocycles. The molecule has 1 aromatic rings. The standard InChI is InChI=1S/C15H25N3.ClH/c1-3-18(15-5-4-8-16-10-7-15)12-14-11-17-9-6-13(14)2;/h6,9,11,15-16H,3-5,7-8,10,12H2,1-2H3;1H. The van der Waals surface area contributed by atoms with Crippen LogP contribution in [0, 0.1) is 6.92 Å². The third kappa shape index (κ3) is 4.75. The smallest absolute Gasteiger partial charge is 0.0315 e. The van der Waals surface area contributed by atoms with Crippen LogP contribution in [0.2, 0.25) is 0 Å². The topological polar surface area (TPSA) is 28.2 Å². The predicted octanol–water partition coefficient (Wildman–Crippen LogP) is 2.78. The highest BCUT2D eigenvalue weighted by Gasteiger charge is 2.19. The van der Waals surface area contributed by atoms with Gasteiger partial charge in [-0.05, 0) is 63.0 Å². The Labute approximate surface area is 123 Å². The van der Waals surface area contributed by atoms with Gasteiger partial charge in [-0.25, -0.2) is 0 Å². The van der Waals surface area contributed by atoms with Crippen LogP contribution < -0.4 is 5.32 Å². The summed E-state index contributed by atoms with van der Waals surface area (Å²) in [7, 11) is 0. The molecule has 1 saturated heterocycles. The highest BCUT2D eigenvalue weighted by atomic mass is 35.5. The van der Waals surface area contributed by atoms with Crippen molar-refractivity contribution < 1.29 is 0 Å². The zero-order valence-corrected chi connectivity index (χ0v) is 12.9. The van der Waals surface area contributed by atoms with E-state index >= 15 is 0 Å². The largest absolute Gasteiger partial charge is 0.317 e. The van der Waals surface area contributed by atoms with Crippen LogP contribution >= 0.6 is 12.4 Å². The SMILES string of the molecule is CCN(Cc1cnccc1C)C1CCCNCC1.Cl. The van der Waals surface area contributed by atoms with Crippen molar-refractivity contribution in [3.63, 3.8) is 0 Å². The van der Waals surface area contributed by atoms with Gasteiger partial charge >= 0.3 is 0 Å². The first-order valence-electron chi connectivity index (χ1n) is 7.15. The zero-order valence-electron chi connectivity index (χ0n) is 12.1. The maximum atomic E-state index is 4.26. The van der Waals surface area contributed by atoms with Crippen molar-refractivity contribution in [2.45, 2.75) is 45.7 Å². The first kappa shape index (κ1) is 16.4. The summed E-state index contributed by atoms with van der Waals surface area (Å²) in [6, 6.07) is 2.84. The highest BCUT2D eigenvalue weighted by molar-refractivity contribution is 5.85. The maximum Gasteiger partial charge on any atom is 0.0315 e. The summed E-state index contributed by atoms with van der Waals surface area (Å²) in [4.78, 5) is 6.87. The van der Waals surface area contributed by atoms with Crippen LogP contribution in [0.25, 0.3) is 0 Å². The molecule has 3 nitrogen and oxygen atoms in total. The van der Waals surface area contributed by atoms with Crippen molar-refractivity contribution in [1.29, 1.82) is 0 Å². The number of nitrogens with zero attached hydrogens (tertiary/aromatic N) is 2. The third-order valence-corrected chi connectivity index (χ3v) is 3.99. The minimum Gasteiger partial charge on any atom is -0.317 e. The quantitative estimate of drug-likeness (QED) is 0.921. The molecule has 1 unspecified atom stereocenters. The normalized spacial score (nSPS) is 19.8. The minimum atomic E-state index is 0. The highest BCUT2D eigenvalue weighted by Crippen LogP contribution is 2.17. The Hall–Kier alpha value is -0.640. The van der Waals surface area contributed by atoms with Crippen LogP contribution in [0.4, 0.5) is 0 Å². The van der Waals surface area contributed by atoms with Crippen molar-refractivity contribution in [3.8, 4) is 0 Å². The van der Waals surface area contributed by atoms with Gasteiger partial charge in [-0.1, -0.05) is 6.92 Å². The van der Waals surface area contributed by atoms with Crippen LogP contribution in [-0.4, -0.2) is 35.6 Å². The molecule has 0 radical (unpaired) electrons. The van der Waals surface area contributed by atoms with Gasteiger partial charge in [-0.15, -0.1) is 12.4 Å². The number of hydrogen-bond acceptors (Lipinski definition) is 3. The maximum absolute atomic E-state index is 4.26. The Morgan fingerprint density at radius 2 is 2.21 bits per heavy atom. The zero-order chi connectivity index (χ0) is 12.8. The third-order valence-electron chi connectivity index (χ3n) is 3.99. The fraction of sp³-hybridized carbons (Fsp3) is 0.667. The van der Waals surface area contributed by atoms with E-state index in [1.807, 2.05) is 12.4 Å². The molecule has 1 N–H and O–H groups in total. The summed E-state index contributed by atoms with van der Waals surface area (Å²) in [5.41, 5.74) is 2.73. The van der Waals surface area contributed by atoms with Gasteiger partial charge in [0.15, 0.2) is 0 Å². The van der Waals surface area contributed by atoms with Crippen LogP contribution in [-0.2, 0) is 6.54 Å². The Balaban J connectivity index is 0.00000180. The van der Waals surface area contributed by atoms with E-state index in [2.05, 4.69) is 35.1 Å². The van der Waals surface area contributed by atoms with Gasteiger partial charge < -0.3 is 5.32 Å². The summed E-state index contributed by atoms with van der Waals surface area (Å²) >= 11 is 0. The molecular weight excluding hydrogens is 258 g/mol. The predicted molar refractivity (Wildman–Crippen MR) is 82.8 cm³/mol. The molecule has 0 saturated carbocycles. The number of rotatable bonds is 4. The lowest BCUT2D eigenvalue weighted by Crippen LogP contribution is -2.35. The van der Waals surface area contributed by atoms with Gasteiger partial charge in [0.1, 0.15) is 0 Å². The summed E-state index contributed by atoms with van der Waals surface area (Å²) in [5.74, 6) is 0. The fourth-order valence-corrected chi connectivity index (χ4v) is 2.75. The second-order valence-corrected chi connectivity index (χ2v) is 5.20. The molecule has 0 spiro atoms. The average Bonchev–Trinajstić information content (AvgIpc) is 2.67. The van der Waals surface area contributed by atoms with Gasteiger partial charge in [0.2, 0.25) is 0 Å². The molecule has 4 heteroatoms. The lowest BCUT2D eigenvalue weighted by Gasteiger charge is -2.30. The number of halogens is 1. The second-order valence-electron chi connectivity index (χ2n) is 5.20. The van der Waals surface area contributed by atoms with Gasteiger partial charge in [-0.2, -0.15) is 0 Å². The second kappa shape index (κ2) is 8.51. The van der Waals surface area contributed by atoms with Gasteiger partial charge in [-0.3, -0.25) is 9.88 Å². The summed E-state index contributed by atoms with van der Waals surface area (Å²) in [5, 5.41) is 3.49. The number of pyridine rings is 1. The van der Waals surface area contributed by atoms with E-state index in [0.29, 0.717) is 0 Å². The molecule has 19 heavy (non-hydrogen) atoms. The molecule has 108 valence electrons. The Kier molecular flexibility index (Phi) is 7.36. The Morgan fingerprint density at radius 1 is 1.37 bits per heavy atom. The molecule has 2 rings (SSSR count). The van der Waals surface area contributed by atoms with E-state index in [0.717, 1.165) is 25.7 Å². The summed E-state index contributed by atoms with van der Waals surface area (Å²) in [6.45, 7) is 8.95. The van der Waals surface area contributed by atoms with Crippen LogP contribution in [0.15, 0.2) is 18.5 Å². The molecule has 0 amide bonds. The van der Waals surface area contributed by atoms with Gasteiger partial charge in [0, 0.05) is 25.0 Å². The van der Waals surface area contributed by atoms with E-state index < -0.39 is 0 Å². The molecule has 1 atom stereocenters. The van der Waals surface area contributed by atoms with Crippen molar-refractivity contribution in [2.75, 3.05) is 19.6 Å². The lowest BCUT2D eigenvalue weighted by molar-refractivity contribution is 0.182. The lowest BCUT2D eigenvalue weighted by atomic mass is 10.1. The molecule has 1 aromatic heterocycles. The van der Waals surface area contributed by atoms with Crippen molar-refractivity contribution >= 4 is 12.4 Å². The van der Waals surface area contributed by atoms with Crippen molar-refractivity contribution in [2.24, 2.45) is 0 Å². The molecule has 1 aliphatic rings. The number of aryl methyl sites for hydroxylation is 1.